The van der Waals surface area contributed by atoms with Crippen molar-refractivity contribution in [2.75, 3.05) is 40.3 Å². The van der Waals surface area contributed by atoms with E-state index in [2.05, 4.69) is 32.9 Å². The van der Waals surface area contributed by atoms with Crippen molar-refractivity contribution in [1.29, 1.82) is 0 Å². The van der Waals surface area contributed by atoms with Gasteiger partial charge in [-0.1, -0.05) is 0 Å². The molecule has 1 aliphatic heterocycles. The van der Waals surface area contributed by atoms with Crippen molar-refractivity contribution in [3.05, 3.63) is 0 Å². The van der Waals surface area contributed by atoms with Crippen molar-refractivity contribution in [1.82, 2.24) is 20.9 Å². The Balaban J connectivity index is 2.36. The van der Waals surface area contributed by atoms with Crippen LogP contribution in [0.4, 0.5) is 4.79 Å². The second kappa shape index (κ2) is 8.55. The van der Waals surface area contributed by atoms with Crippen molar-refractivity contribution in [3.63, 3.8) is 0 Å². The molecule has 0 bridgehead atoms. The standard InChI is InChI=1S/C17H35N5O2/c1-16(2,3)24-15(23)21-17(4,5)12-20-14(18-6)19-10-13-8-9-22(7)11-13/h13H,8-12H2,1-7H3,(H,21,23)(H2,18,19,20). The molecule has 0 aromatic carbocycles. The summed E-state index contributed by atoms with van der Waals surface area (Å²) < 4.78 is 5.30. The zero-order valence-electron chi connectivity index (χ0n) is 16.3. The molecule has 0 spiro atoms. The van der Waals surface area contributed by atoms with E-state index in [0.29, 0.717) is 12.5 Å². The number of hydrogen-bond donors (Lipinski definition) is 3. The van der Waals surface area contributed by atoms with Crippen LogP contribution in [0.1, 0.15) is 41.0 Å². The zero-order valence-corrected chi connectivity index (χ0v) is 16.3. The molecule has 1 unspecified atom stereocenters. The van der Waals surface area contributed by atoms with E-state index in [1.165, 1.54) is 6.42 Å². The average molecular weight is 342 g/mol. The van der Waals surface area contributed by atoms with Crippen LogP contribution in [0.25, 0.3) is 0 Å². The van der Waals surface area contributed by atoms with Crippen LogP contribution in [-0.2, 0) is 4.74 Å². The Hall–Kier alpha value is -1.50. The number of guanidine groups is 1. The van der Waals surface area contributed by atoms with Crippen LogP contribution in [0.5, 0.6) is 0 Å². The lowest BCUT2D eigenvalue weighted by Gasteiger charge is -2.29. The Kier molecular flexibility index (Phi) is 7.32. The number of nitrogens with one attached hydrogen (secondary N) is 3. The van der Waals surface area contributed by atoms with Gasteiger partial charge in [-0.05, 0) is 60.5 Å². The van der Waals surface area contributed by atoms with E-state index < -0.39 is 17.2 Å². The molecule has 24 heavy (non-hydrogen) atoms. The van der Waals surface area contributed by atoms with E-state index in [1.807, 2.05) is 34.6 Å². The molecule has 1 atom stereocenters. The molecule has 7 heteroatoms. The highest BCUT2D eigenvalue weighted by Gasteiger charge is 2.25. The van der Waals surface area contributed by atoms with Crippen LogP contribution in [0, 0.1) is 5.92 Å². The quantitative estimate of drug-likeness (QED) is 0.520. The van der Waals surface area contributed by atoms with Crippen LogP contribution < -0.4 is 16.0 Å². The number of carbonyl (C=O) groups excluding carboxylic acids is 1. The molecule has 1 amide bonds. The number of aliphatic imine (C=N–C) groups is 1. The fraction of sp³-hybridized carbons (Fsp3) is 0.882. The van der Waals surface area contributed by atoms with E-state index in [9.17, 15) is 4.79 Å². The molecule has 0 aromatic heterocycles. The Labute approximate surface area is 146 Å². The van der Waals surface area contributed by atoms with Gasteiger partial charge in [-0.15, -0.1) is 0 Å². The summed E-state index contributed by atoms with van der Waals surface area (Å²) in [6, 6.07) is 0. The second-order valence-corrected chi connectivity index (χ2v) is 8.23. The van der Waals surface area contributed by atoms with Gasteiger partial charge in [0, 0.05) is 26.7 Å². The van der Waals surface area contributed by atoms with E-state index in [4.69, 9.17) is 4.74 Å². The predicted molar refractivity (Wildman–Crippen MR) is 98.4 cm³/mol. The SMILES string of the molecule is CN=C(NCC1CCN(C)C1)NCC(C)(C)NC(=O)OC(C)(C)C. The van der Waals surface area contributed by atoms with E-state index >= 15 is 0 Å². The third-order valence-corrected chi connectivity index (χ3v) is 3.81. The minimum absolute atomic E-state index is 0.411. The molecule has 0 radical (unpaired) electrons. The van der Waals surface area contributed by atoms with Gasteiger partial charge in [-0.3, -0.25) is 4.99 Å². The van der Waals surface area contributed by atoms with E-state index in [1.54, 1.807) is 7.05 Å². The normalized spacial score (nSPS) is 20.0. The van der Waals surface area contributed by atoms with Gasteiger partial charge in [0.25, 0.3) is 0 Å². The molecule has 1 fully saturated rings. The minimum Gasteiger partial charge on any atom is -0.444 e. The number of likely N-dealkylation sites (tertiary alicyclic amines) is 1. The summed E-state index contributed by atoms with van der Waals surface area (Å²) in [6.07, 6.45) is 0.804. The number of ether oxygens (including phenoxy) is 1. The lowest BCUT2D eigenvalue weighted by atomic mass is 10.1. The van der Waals surface area contributed by atoms with Crippen molar-refractivity contribution in [2.45, 2.75) is 52.2 Å². The second-order valence-electron chi connectivity index (χ2n) is 8.23. The molecule has 3 N–H and O–H groups in total. The first kappa shape index (κ1) is 20.5. The molecule has 140 valence electrons. The van der Waals surface area contributed by atoms with Crippen molar-refractivity contribution >= 4 is 12.1 Å². The van der Waals surface area contributed by atoms with Gasteiger partial charge in [-0.2, -0.15) is 0 Å². The van der Waals surface area contributed by atoms with Crippen LogP contribution >= 0.6 is 0 Å². The Morgan fingerprint density at radius 2 is 1.92 bits per heavy atom. The summed E-state index contributed by atoms with van der Waals surface area (Å²) in [7, 11) is 3.91. The van der Waals surface area contributed by atoms with Gasteiger partial charge in [0.05, 0.1) is 5.54 Å². The smallest absolute Gasteiger partial charge is 0.408 e. The lowest BCUT2D eigenvalue weighted by Crippen LogP contribution is -2.54. The van der Waals surface area contributed by atoms with E-state index in [0.717, 1.165) is 25.6 Å². The maximum Gasteiger partial charge on any atom is 0.408 e. The highest BCUT2D eigenvalue weighted by Crippen LogP contribution is 2.12. The molecule has 1 heterocycles. The van der Waals surface area contributed by atoms with Crippen LogP contribution in [0.2, 0.25) is 0 Å². The third kappa shape index (κ3) is 8.38. The fourth-order valence-corrected chi connectivity index (χ4v) is 2.58. The predicted octanol–water partition coefficient (Wildman–Crippen LogP) is 1.41. The first-order chi connectivity index (χ1) is 11.0. The number of hydrogen-bond acceptors (Lipinski definition) is 4. The van der Waals surface area contributed by atoms with Gasteiger partial charge in [0.15, 0.2) is 5.96 Å². The maximum absolute atomic E-state index is 11.9. The summed E-state index contributed by atoms with van der Waals surface area (Å²) in [5.74, 6) is 1.41. The summed E-state index contributed by atoms with van der Waals surface area (Å²) in [5.41, 5.74) is -0.951. The molecular formula is C17H35N5O2. The zero-order chi connectivity index (χ0) is 18.4. The van der Waals surface area contributed by atoms with Gasteiger partial charge in [0.2, 0.25) is 0 Å². The summed E-state index contributed by atoms with van der Waals surface area (Å²) in [5, 5.41) is 9.51. The van der Waals surface area contributed by atoms with Crippen molar-refractivity contribution in [2.24, 2.45) is 10.9 Å². The molecule has 0 aromatic rings. The van der Waals surface area contributed by atoms with Gasteiger partial charge < -0.3 is 25.6 Å². The molecule has 1 rings (SSSR count). The van der Waals surface area contributed by atoms with Crippen LogP contribution in [-0.4, -0.2) is 68.4 Å². The number of amides is 1. The van der Waals surface area contributed by atoms with E-state index in [-0.39, 0.29) is 0 Å². The van der Waals surface area contributed by atoms with Gasteiger partial charge in [-0.25, -0.2) is 4.79 Å². The highest BCUT2D eigenvalue weighted by atomic mass is 16.6. The van der Waals surface area contributed by atoms with Crippen LogP contribution in [0.3, 0.4) is 0 Å². The maximum atomic E-state index is 11.9. The molecular weight excluding hydrogens is 306 g/mol. The molecule has 1 aliphatic rings. The Morgan fingerprint density at radius 3 is 2.42 bits per heavy atom. The number of rotatable bonds is 5. The largest absolute Gasteiger partial charge is 0.444 e. The summed E-state index contributed by atoms with van der Waals surface area (Å²) in [6.45, 7) is 13.2. The average Bonchev–Trinajstić information content (AvgIpc) is 2.81. The van der Waals surface area contributed by atoms with Gasteiger partial charge in [0.1, 0.15) is 5.60 Å². The molecule has 0 aliphatic carbocycles. The number of nitrogens with zero attached hydrogens (tertiary/aromatic N) is 2. The molecule has 7 nitrogen and oxygen atoms in total. The number of carbonyl (C=O) groups is 1. The Bertz CT molecular complexity index is 443. The van der Waals surface area contributed by atoms with Crippen molar-refractivity contribution < 1.29 is 9.53 Å². The monoisotopic (exact) mass is 341 g/mol. The topological polar surface area (TPSA) is 78.0 Å². The lowest BCUT2D eigenvalue weighted by molar-refractivity contribution is 0.0474. The number of alkyl carbamates (subject to hydrolysis) is 1. The highest BCUT2D eigenvalue weighted by molar-refractivity contribution is 5.79. The first-order valence-electron chi connectivity index (χ1n) is 8.65. The molecule has 1 saturated heterocycles. The minimum atomic E-state index is -0.500. The third-order valence-electron chi connectivity index (χ3n) is 3.81. The van der Waals surface area contributed by atoms with Gasteiger partial charge >= 0.3 is 6.09 Å². The Morgan fingerprint density at radius 1 is 1.25 bits per heavy atom. The summed E-state index contributed by atoms with van der Waals surface area (Å²) in [4.78, 5) is 18.5. The fourth-order valence-electron chi connectivity index (χ4n) is 2.58. The molecule has 0 saturated carbocycles. The summed E-state index contributed by atoms with van der Waals surface area (Å²) >= 11 is 0. The van der Waals surface area contributed by atoms with Crippen LogP contribution in [0.15, 0.2) is 4.99 Å². The first-order valence-corrected chi connectivity index (χ1v) is 8.65. The van der Waals surface area contributed by atoms with Crippen molar-refractivity contribution in [3.8, 4) is 0 Å².